The number of ketones is 1. The molecule has 0 spiro atoms. The van der Waals surface area contributed by atoms with Crippen molar-refractivity contribution in [1.82, 2.24) is 4.90 Å². The highest BCUT2D eigenvalue weighted by Gasteiger charge is 2.36. The molecule has 1 rings (SSSR count). The van der Waals surface area contributed by atoms with Crippen LogP contribution < -0.4 is 0 Å². The van der Waals surface area contributed by atoms with Crippen LogP contribution in [0.5, 0.6) is 0 Å². The van der Waals surface area contributed by atoms with Gasteiger partial charge in [0, 0.05) is 0 Å². The van der Waals surface area contributed by atoms with Crippen molar-refractivity contribution in [2.45, 2.75) is 52.2 Å². The second-order valence-corrected chi connectivity index (χ2v) is 6.62. The average molecular weight is 309 g/mol. The molecule has 5 nitrogen and oxygen atoms in total. The zero-order valence-electron chi connectivity index (χ0n) is 14.0. The average Bonchev–Trinajstić information content (AvgIpc) is 3.20. The van der Waals surface area contributed by atoms with Gasteiger partial charge in [-0.05, 0) is 58.1 Å². The zero-order chi connectivity index (χ0) is 16.9. The molecule has 22 heavy (non-hydrogen) atoms. The van der Waals surface area contributed by atoms with Crippen LogP contribution in [0.4, 0.5) is 4.79 Å². The van der Waals surface area contributed by atoms with E-state index in [-0.39, 0.29) is 18.9 Å². The summed E-state index contributed by atoms with van der Waals surface area (Å²) < 4.78 is 5.37. The summed E-state index contributed by atoms with van der Waals surface area (Å²) >= 11 is 0. The smallest absolute Gasteiger partial charge is 0.411 e. The van der Waals surface area contributed by atoms with Crippen LogP contribution in [-0.2, 0) is 9.53 Å². The van der Waals surface area contributed by atoms with Gasteiger partial charge in [-0.1, -0.05) is 12.7 Å². The van der Waals surface area contributed by atoms with E-state index in [0.29, 0.717) is 5.92 Å². The van der Waals surface area contributed by atoms with Crippen LogP contribution in [-0.4, -0.2) is 46.7 Å². The number of carbonyl (C=O) groups excluding carboxylic acids is 2. The van der Waals surface area contributed by atoms with Crippen LogP contribution in [0.25, 0.3) is 0 Å². The Balaban J connectivity index is 2.94. The third kappa shape index (κ3) is 5.64. The van der Waals surface area contributed by atoms with Crippen LogP contribution in [0.1, 0.15) is 40.5 Å². The number of carbonyl (C=O) groups is 2. The lowest BCUT2D eigenvalue weighted by molar-refractivity contribution is -0.116. The molecule has 0 bridgehead atoms. The van der Waals surface area contributed by atoms with Gasteiger partial charge in [0.15, 0.2) is 5.78 Å². The highest BCUT2D eigenvalue weighted by molar-refractivity contribution is 5.93. The second-order valence-electron chi connectivity index (χ2n) is 6.62. The number of aliphatic hydroxyl groups is 1. The number of ether oxygens (including phenoxy) is 1. The third-order valence-electron chi connectivity index (χ3n) is 3.39. The van der Waals surface area contributed by atoms with E-state index in [0.717, 1.165) is 18.4 Å². The summed E-state index contributed by atoms with van der Waals surface area (Å²) in [5, 5.41) is 9.69. The number of hydrogen-bond donors (Lipinski definition) is 1. The summed E-state index contributed by atoms with van der Waals surface area (Å²) in [7, 11) is 0. The van der Waals surface area contributed by atoms with Crippen molar-refractivity contribution < 1.29 is 19.4 Å². The first-order chi connectivity index (χ1) is 10.2. The highest BCUT2D eigenvalue weighted by atomic mass is 16.6. The van der Waals surface area contributed by atoms with E-state index < -0.39 is 17.7 Å². The van der Waals surface area contributed by atoms with Gasteiger partial charge in [0.1, 0.15) is 5.60 Å². The van der Waals surface area contributed by atoms with Gasteiger partial charge in [-0.25, -0.2) is 4.79 Å². The number of aliphatic hydroxyl groups excluding tert-OH is 1. The predicted molar refractivity (Wildman–Crippen MR) is 85.5 cm³/mol. The molecule has 1 fully saturated rings. The normalized spacial score (nSPS) is 16.4. The first kappa shape index (κ1) is 18.4. The van der Waals surface area contributed by atoms with E-state index in [1.807, 2.05) is 0 Å². The molecule has 1 aliphatic carbocycles. The van der Waals surface area contributed by atoms with E-state index in [4.69, 9.17) is 4.74 Å². The van der Waals surface area contributed by atoms with Gasteiger partial charge in [0.2, 0.25) is 0 Å². The van der Waals surface area contributed by atoms with Crippen LogP contribution in [0.3, 0.4) is 0 Å². The maximum absolute atomic E-state index is 12.4. The monoisotopic (exact) mass is 309 g/mol. The number of hydrogen-bond acceptors (Lipinski definition) is 4. The molecule has 0 radical (unpaired) electrons. The molecule has 0 saturated heterocycles. The second kappa shape index (κ2) is 7.58. The fourth-order valence-corrected chi connectivity index (χ4v) is 2.17. The molecule has 5 heteroatoms. The van der Waals surface area contributed by atoms with Gasteiger partial charge in [-0.2, -0.15) is 0 Å². The third-order valence-corrected chi connectivity index (χ3v) is 3.39. The van der Waals surface area contributed by atoms with Crippen molar-refractivity contribution in [2.24, 2.45) is 5.92 Å². The lowest BCUT2D eigenvalue weighted by Gasteiger charge is -2.33. The van der Waals surface area contributed by atoms with Gasteiger partial charge in [0.25, 0.3) is 0 Å². The molecule has 1 amide bonds. The van der Waals surface area contributed by atoms with Gasteiger partial charge in [0.05, 0.1) is 19.2 Å². The molecule has 0 aromatic heterocycles. The first-order valence-corrected chi connectivity index (χ1v) is 7.64. The Kier molecular flexibility index (Phi) is 6.35. The quantitative estimate of drug-likeness (QED) is 0.580. The van der Waals surface area contributed by atoms with E-state index in [1.54, 1.807) is 33.8 Å². The van der Waals surface area contributed by atoms with Crippen LogP contribution in [0.2, 0.25) is 0 Å². The summed E-state index contributed by atoms with van der Waals surface area (Å²) in [6.07, 6.45) is 4.46. The Morgan fingerprint density at radius 3 is 2.41 bits per heavy atom. The van der Waals surface area contributed by atoms with E-state index in [2.05, 4.69) is 6.58 Å². The van der Waals surface area contributed by atoms with Crippen molar-refractivity contribution in [3.63, 3.8) is 0 Å². The molecular formula is C17H27NO4. The predicted octanol–water partition coefficient (Wildman–Crippen LogP) is 2.70. The molecule has 0 aromatic rings. The SMILES string of the molecule is C=C(C1CC1)[C@@H](CO)N(CC(=O)C=CC)C(=O)OC(C)(C)C. The van der Waals surface area contributed by atoms with Crippen LogP contribution in [0.15, 0.2) is 24.3 Å². The zero-order valence-corrected chi connectivity index (χ0v) is 14.0. The number of amides is 1. The number of rotatable bonds is 7. The van der Waals surface area contributed by atoms with Gasteiger partial charge in [-0.3, -0.25) is 9.69 Å². The van der Waals surface area contributed by atoms with E-state index >= 15 is 0 Å². The molecule has 1 N–H and O–H groups in total. The minimum Gasteiger partial charge on any atom is -0.444 e. The van der Waals surface area contributed by atoms with Crippen molar-refractivity contribution in [1.29, 1.82) is 0 Å². The molecule has 1 saturated carbocycles. The first-order valence-electron chi connectivity index (χ1n) is 7.64. The number of allylic oxidation sites excluding steroid dienone is 1. The Hall–Kier alpha value is -1.62. The van der Waals surface area contributed by atoms with Crippen LogP contribution >= 0.6 is 0 Å². The van der Waals surface area contributed by atoms with Crippen molar-refractivity contribution in [3.05, 3.63) is 24.3 Å². The van der Waals surface area contributed by atoms with E-state index in [1.165, 1.54) is 11.0 Å². The molecule has 0 aromatic carbocycles. The Bertz CT molecular complexity index is 458. The minimum absolute atomic E-state index is 0.129. The summed E-state index contributed by atoms with van der Waals surface area (Å²) in [5.41, 5.74) is 0.126. The van der Waals surface area contributed by atoms with Crippen molar-refractivity contribution >= 4 is 11.9 Å². The molecule has 124 valence electrons. The standard InChI is InChI=1S/C17H27NO4/c1-6-7-14(20)10-18(16(21)22-17(3,4)5)15(11-19)12(2)13-8-9-13/h6-7,13,15,19H,2,8-11H2,1,3-5H3/t15-/m1/s1. The van der Waals surface area contributed by atoms with Crippen molar-refractivity contribution in [3.8, 4) is 0 Å². The Morgan fingerprint density at radius 1 is 1.41 bits per heavy atom. The molecule has 0 aliphatic heterocycles. The summed E-state index contributed by atoms with van der Waals surface area (Å²) in [4.78, 5) is 25.6. The maximum atomic E-state index is 12.4. The molecule has 0 unspecified atom stereocenters. The van der Waals surface area contributed by atoms with Gasteiger partial charge >= 0.3 is 6.09 Å². The van der Waals surface area contributed by atoms with Gasteiger partial charge < -0.3 is 9.84 Å². The van der Waals surface area contributed by atoms with Gasteiger partial charge in [-0.15, -0.1) is 0 Å². The molecule has 1 aliphatic rings. The van der Waals surface area contributed by atoms with E-state index in [9.17, 15) is 14.7 Å². The highest BCUT2D eigenvalue weighted by Crippen LogP contribution is 2.38. The Labute approximate surface area is 132 Å². The lowest BCUT2D eigenvalue weighted by Crippen LogP contribution is -2.48. The molecule has 0 heterocycles. The Morgan fingerprint density at radius 2 is 2.00 bits per heavy atom. The minimum atomic E-state index is -0.667. The fraction of sp³-hybridized carbons (Fsp3) is 0.647. The largest absolute Gasteiger partial charge is 0.444 e. The fourth-order valence-electron chi connectivity index (χ4n) is 2.17. The summed E-state index contributed by atoms with van der Waals surface area (Å²) in [6, 6.07) is -0.587. The molecule has 1 atom stereocenters. The molecular weight excluding hydrogens is 282 g/mol. The van der Waals surface area contributed by atoms with Crippen molar-refractivity contribution in [2.75, 3.05) is 13.2 Å². The topological polar surface area (TPSA) is 66.8 Å². The number of nitrogens with zero attached hydrogens (tertiary/aromatic N) is 1. The maximum Gasteiger partial charge on any atom is 0.411 e. The summed E-state index contributed by atoms with van der Waals surface area (Å²) in [5.74, 6) is 0.106. The van der Waals surface area contributed by atoms with Crippen LogP contribution in [0, 0.1) is 5.92 Å². The lowest BCUT2D eigenvalue weighted by atomic mass is 10.0. The summed E-state index contributed by atoms with van der Waals surface area (Å²) in [6.45, 7) is 10.6.